The van der Waals surface area contributed by atoms with Gasteiger partial charge in [-0.3, -0.25) is 4.68 Å². The quantitative estimate of drug-likeness (QED) is 0.591. The fraction of sp³-hybridized carbons (Fsp3) is 0.357. The summed E-state index contributed by atoms with van der Waals surface area (Å²) in [6.07, 6.45) is 6.27. The maximum absolute atomic E-state index is 5.21. The number of ether oxygens (including phenoxy) is 1. The van der Waals surface area contributed by atoms with Crippen molar-refractivity contribution in [2.24, 2.45) is 7.05 Å². The molecule has 1 aromatic heterocycles. The molecular formula is C14H18N2OS. The van der Waals surface area contributed by atoms with Gasteiger partial charge >= 0.3 is 0 Å². The molecule has 4 heteroatoms. The Labute approximate surface area is 112 Å². The normalized spacial score (nSPS) is 10.6. The zero-order valence-corrected chi connectivity index (χ0v) is 11.6. The molecule has 0 unspecified atom stereocenters. The van der Waals surface area contributed by atoms with E-state index in [1.165, 1.54) is 10.5 Å². The van der Waals surface area contributed by atoms with Crippen molar-refractivity contribution in [1.29, 1.82) is 0 Å². The largest absolute Gasteiger partial charge is 0.497 e. The van der Waals surface area contributed by atoms with Crippen molar-refractivity contribution < 1.29 is 4.74 Å². The van der Waals surface area contributed by atoms with Gasteiger partial charge in [0.15, 0.2) is 0 Å². The van der Waals surface area contributed by atoms with E-state index in [4.69, 9.17) is 4.74 Å². The van der Waals surface area contributed by atoms with Crippen molar-refractivity contribution in [2.45, 2.75) is 17.7 Å². The summed E-state index contributed by atoms with van der Waals surface area (Å²) in [5.74, 6) is 2.04. The molecule has 96 valence electrons. The predicted octanol–water partition coefficient (Wildman–Crippen LogP) is 3.15. The average molecular weight is 262 g/mol. The topological polar surface area (TPSA) is 27.1 Å². The first-order valence-electron chi connectivity index (χ1n) is 6.02. The number of rotatable bonds is 6. The zero-order chi connectivity index (χ0) is 12.8. The second-order valence-corrected chi connectivity index (χ2v) is 5.32. The number of hydrogen-bond donors (Lipinski definition) is 0. The summed E-state index contributed by atoms with van der Waals surface area (Å²) in [7, 11) is 3.65. The lowest BCUT2D eigenvalue weighted by Gasteiger charge is -2.03. The van der Waals surface area contributed by atoms with E-state index in [0.29, 0.717) is 0 Å². The molecular weight excluding hydrogens is 244 g/mol. The molecule has 2 rings (SSSR count). The number of thioether (sulfide) groups is 1. The van der Waals surface area contributed by atoms with E-state index >= 15 is 0 Å². The van der Waals surface area contributed by atoms with Crippen molar-refractivity contribution in [2.75, 3.05) is 12.9 Å². The number of aryl methyl sites for hydroxylation is 2. The van der Waals surface area contributed by atoms with E-state index in [1.807, 2.05) is 41.8 Å². The molecule has 0 saturated carbocycles. The van der Waals surface area contributed by atoms with Gasteiger partial charge in [-0.25, -0.2) is 0 Å². The van der Waals surface area contributed by atoms with Gasteiger partial charge in [-0.1, -0.05) is 6.07 Å². The Balaban J connectivity index is 1.74. The number of methoxy groups -OCH3 is 1. The average Bonchev–Trinajstić information content (AvgIpc) is 2.81. The summed E-state index contributed by atoms with van der Waals surface area (Å²) in [5, 5.41) is 4.17. The first kappa shape index (κ1) is 13.0. The lowest BCUT2D eigenvalue weighted by atomic mass is 10.2. The highest BCUT2D eigenvalue weighted by Gasteiger charge is 1.99. The molecule has 0 saturated heterocycles. The van der Waals surface area contributed by atoms with E-state index in [-0.39, 0.29) is 0 Å². The van der Waals surface area contributed by atoms with Crippen LogP contribution >= 0.6 is 11.8 Å². The Morgan fingerprint density at radius 3 is 3.00 bits per heavy atom. The van der Waals surface area contributed by atoms with Crippen LogP contribution < -0.4 is 4.74 Å². The summed E-state index contributed by atoms with van der Waals surface area (Å²) in [6, 6.07) is 8.20. The van der Waals surface area contributed by atoms with Crippen molar-refractivity contribution in [1.82, 2.24) is 9.78 Å². The standard InChI is InChI=1S/C14H18N2OS/c1-16-11-12(10-15-16)5-4-8-18-14-7-3-6-13(9-14)17-2/h3,6-7,9-11H,4-5,8H2,1-2H3. The van der Waals surface area contributed by atoms with Gasteiger partial charge in [0, 0.05) is 18.1 Å². The van der Waals surface area contributed by atoms with Gasteiger partial charge in [-0.15, -0.1) is 11.8 Å². The monoisotopic (exact) mass is 262 g/mol. The number of nitrogens with zero attached hydrogens (tertiary/aromatic N) is 2. The zero-order valence-electron chi connectivity index (χ0n) is 10.8. The highest BCUT2D eigenvalue weighted by molar-refractivity contribution is 7.99. The van der Waals surface area contributed by atoms with Crippen LogP contribution in [-0.2, 0) is 13.5 Å². The summed E-state index contributed by atoms with van der Waals surface area (Å²) in [4.78, 5) is 1.26. The van der Waals surface area contributed by atoms with Gasteiger partial charge < -0.3 is 4.74 Å². The molecule has 0 aliphatic heterocycles. The maximum atomic E-state index is 5.21. The third-order valence-corrected chi connectivity index (χ3v) is 3.76. The van der Waals surface area contributed by atoms with E-state index in [0.717, 1.165) is 24.3 Å². The minimum atomic E-state index is 0.923. The molecule has 3 nitrogen and oxygen atoms in total. The summed E-state index contributed by atoms with van der Waals surface area (Å²) < 4.78 is 7.06. The molecule has 0 aliphatic rings. The third kappa shape index (κ3) is 3.81. The Morgan fingerprint density at radius 2 is 2.28 bits per heavy atom. The van der Waals surface area contributed by atoms with Crippen molar-refractivity contribution in [3.05, 3.63) is 42.2 Å². The van der Waals surface area contributed by atoms with E-state index in [1.54, 1.807) is 7.11 Å². The van der Waals surface area contributed by atoms with Crippen LogP contribution in [0.25, 0.3) is 0 Å². The second kappa shape index (κ2) is 6.50. The van der Waals surface area contributed by atoms with Crippen LogP contribution in [0, 0.1) is 0 Å². The first-order chi connectivity index (χ1) is 8.78. The minimum absolute atomic E-state index is 0.923. The van der Waals surface area contributed by atoms with E-state index < -0.39 is 0 Å². The molecule has 0 N–H and O–H groups in total. The van der Waals surface area contributed by atoms with E-state index in [2.05, 4.69) is 23.4 Å². The Kier molecular flexibility index (Phi) is 4.70. The number of hydrogen-bond acceptors (Lipinski definition) is 3. The Morgan fingerprint density at radius 1 is 1.39 bits per heavy atom. The van der Waals surface area contributed by atoms with E-state index in [9.17, 15) is 0 Å². The molecule has 1 aromatic carbocycles. The molecule has 18 heavy (non-hydrogen) atoms. The molecule has 0 bridgehead atoms. The lowest BCUT2D eigenvalue weighted by molar-refractivity contribution is 0.413. The SMILES string of the molecule is COc1cccc(SCCCc2cnn(C)c2)c1. The molecule has 0 amide bonds. The summed E-state index contributed by atoms with van der Waals surface area (Å²) >= 11 is 1.87. The summed E-state index contributed by atoms with van der Waals surface area (Å²) in [5.41, 5.74) is 1.31. The molecule has 0 atom stereocenters. The fourth-order valence-electron chi connectivity index (χ4n) is 1.76. The van der Waals surface area contributed by atoms with Crippen LogP contribution in [0.2, 0.25) is 0 Å². The van der Waals surface area contributed by atoms with Gasteiger partial charge in [0.2, 0.25) is 0 Å². The van der Waals surface area contributed by atoms with Crippen LogP contribution in [0.3, 0.4) is 0 Å². The molecule has 0 aliphatic carbocycles. The van der Waals surface area contributed by atoms with Crippen molar-refractivity contribution in [3.8, 4) is 5.75 Å². The molecule has 0 fully saturated rings. The second-order valence-electron chi connectivity index (χ2n) is 4.15. The number of aromatic nitrogens is 2. The van der Waals surface area contributed by atoms with Gasteiger partial charge in [-0.2, -0.15) is 5.10 Å². The molecule has 2 aromatic rings. The Bertz CT molecular complexity index is 496. The van der Waals surface area contributed by atoms with Crippen LogP contribution in [-0.4, -0.2) is 22.6 Å². The van der Waals surface area contributed by atoms with Crippen molar-refractivity contribution >= 4 is 11.8 Å². The van der Waals surface area contributed by atoms with Crippen LogP contribution in [0.4, 0.5) is 0 Å². The lowest BCUT2D eigenvalue weighted by Crippen LogP contribution is -1.88. The molecule has 0 spiro atoms. The highest BCUT2D eigenvalue weighted by Crippen LogP contribution is 2.23. The molecule has 0 radical (unpaired) electrons. The summed E-state index contributed by atoms with van der Waals surface area (Å²) in [6.45, 7) is 0. The Hall–Kier alpha value is -1.42. The van der Waals surface area contributed by atoms with Crippen LogP contribution in [0.15, 0.2) is 41.6 Å². The van der Waals surface area contributed by atoms with Crippen LogP contribution in [0.1, 0.15) is 12.0 Å². The van der Waals surface area contributed by atoms with Crippen molar-refractivity contribution in [3.63, 3.8) is 0 Å². The van der Waals surface area contributed by atoms with Gasteiger partial charge in [0.25, 0.3) is 0 Å². The smallest absolute Gasteiger partial charge is 0.119 e. The minimum Gasteiger partial charge on any atom is -0.497 e. The maximum Gasteiger partial charge on any atom is 0.119 e. The van der Waals surface area contributed by atoms with Gasteiger partial charge in [-0.05, 0) is 42.4 Å². The number of benzene rings is 1. The fourth-order valence-corrected chi connectivity index (χ4v) is 2.66. The van der Waals surface area contributed by atoms with Gasteiger partial charge in [0.1, 0.15) is 5.75 Å². The molecule has 1 heterocycles. The third-order valence-electron chi connectivity index (χ3n) is 2.68. The predicted molar refractivity (Wildman–Crippen MR) is 75.2 cm³/mol. The van der Waals surface area contributed by atoms with Gasteiger partial charge in [0.05, 0.1) is 13.3 Å². The highest BCUT2D eigenvalue weighted by atomic mass is 32.2. The first-order valence-corrected chi connectivity index (χ1v) is 7.01. The van der Waals surface area contributed by atoms with Crippen LogP contribution in [0.5, 0.6) is 5.75 Å².